The molecule has 5 nitrogen and oxygen atoms in total. The highest BCUT2D eigenvalue weighted by Crippen LogP contribution is 2.23. The van der Waals surface area contributed by atoms with Crippen LogP contribution in [-0.4, -0.2) is 35.0 Å². The van der Waals surface area contributed by atoms with Crippen molar-refractivity contribution < 1.29 is 4.79 Å². The van der Waals surface area contributed by atoms with E-state index < -0.39 is 0 Å². The van der Waals surface area contributed by atoms with Gasteiger partial charge < -0.3 is 10.6 Å². The Balaban J connectivity index is 1.54. The number of pyridine rings is 1. The fourth-order valence-corrected chi connectivity index (χ4v) is 3.76. The molecule has 2 N–H and O–H groups in total. The number of carbonyl (C=O) groups excluding carboxylic acids is 1. The highest BCUT2D eigenvalue weighted by Gasteiger charge is 2.21. The molecule has 2 amide bonds. The van der Waals surface area contributed by atoms with Crippen LogP contribution < -0.4 is 10.6 Å². The number of rotatable bonds is 5. The predicted molar refractivity (Wildman–Crippen MR) is 110 cm³/mol. The highest BCUT2D eigenvalue weighted by atomic mass is 16.2. The van der Waals surface area contributed by atoms with E-state index in [1.165, 1.54) is 16.7 Å². The van der Waals surface area contributed by atoms with Crippen LogP contribution in [0.25, 0.3) is 0 Å². The first-order valence-electron chi connectivity index (χ1n) is 9.80. The summed E-state index contributed by atoms with van der Waals surface area (Å²) in [5, 5.41) is 6.14. The molecule has 2 aromatic rings. The Kier molecular flexibility index (Phi) is 6.45. The Morgan fingerprint density at radius 1 is 1.33 bits per heavy atom. The first kappa shape index (κ1) is 19.4. The zero-order valence-electron chi connectivity index (χ0n) is 16.5. The molecule has 1 aliphatic rings. The van der Waals surface area contributed by atoms with Crippen LogP contribution in [0.15, 0.2) is 42.7 Å². The Hall–Kier alpha value is -2.40. The average molecular weight is 367 g/mol. The molecular formula is C22H30N4O. The molecule has 0 bridgehead atoms. The van der Waals surface area contributed by atoms with Crippen molar-refractivity contribution in [2.45, 2.75) is 52.1 Å². The molecule has 2 heterocycles. The number of aromatic nitrogens is 1. The van der Waals surface area contributed by atoms with Gasteiger partial charge in [-0.2, -0.15) is 0 Å². The molecule has 0 aliphatic carbocycles. The highest BCUT2D eigenvalue weighted by molar-refractivity contribution is 5.89. The van der Waals surface area contributed by atoms with Crippen LogP contribution in [0, 0.1) is 6.92 Å². The maximum Gasteiger partial charge on any atom is 0.319 e. The van der Waals surface area contributed by atoms with Crippen LogP contribution in [0.2, 0.25) is 0 Å². The van der Waals surface area contributed by atoms with E-state index >= 15 is 0 Å². The average Bonchev–Trinajstić information content (AvgIpc) is 2.64. The van der Waals surface area contributed by atoms with Gasteiger partial charge in [-0.05, 0) is 67.1 Å². The molecular weight excluding hydrogens is 336 g/mol. The quantitative estimate of drug-likeness (QED) is 0.829. The zero-order chi connectivity index (χ0) is 19.2. The number of nitrogens with one attached hydrogen (secondary N) is 2. The Bertz CT molecular complexity index is 760. The van der Waals surface area contributed by atoms with Crippen LogP contribution in [0.3, 0.4) is 0 Å². The molecule has 3 rings (SSSR count). The standard InChI is InChI=1S/C22H30N4O/c1-16(2)21-12-19(9-8-17(21)3)24-22(27)25-20-7-5-11-26(15-20)14-18-6-4-10-23-13-18/h4,6,8-10,12-13,16,20H,5,7,11,14-15H2,1-3H3,(H2,24,25,27)/t20-/m1/s1. The molecule has 1 aromatic carbocycles. The van der Waals surface area contributed by atoms with Crippen molar-refractivity contribution in [1.82, 2.24) is 15.2 Å². The summed E-state index contributed by atoms with van der Waals surface area (Å²) in [6.07, 6.45) is 5.81. The summed E-state index contributed by atoms with van der Waals surface area (Å²) >= 11 is 0. The third kappa shape index (κ3) is 5.54. The minimum atomic E-state index is -0.123. The molecule has 27 heavy (non-hydrogen) atoms. The fraction of sp³-hybridized carbons (Fsp3) is 0.455. The molecule has 1 aliphatic heterocycles. The first-order valence-corrected chi connectivity index (χ1v) is 9.80. The third-order valence-corrected chi connectivity index (χ3v) is 5.13. The summed E-state index contributed by atoms with van der Waals surface area (Å²) in [5.74, 6) is 0.439. The van der Waals surface area contributed by atoms with Crippen molar-refractivity contribution in [3.05, 3.63) is 59.4 Å². The zero-order valence-corrected chi connectivity index (χ0v) is 16.5. The maximum atomic E-state index is 12.5. The lowest BCUT2D eigenvalue weighted by Crippen LogP contribution is -2.48. The van der Waals surface area contributed by atoms with Gasteiger partial charge in [0.25, 0.3) is 0 Å². The van der Waals surface area contributed by atoms with Gasteiger partial charge in [-0.25, -0.2) is 4.79 Å². The Morgan fingerprint density at radius 3 is 2.93 bits per heavy atom. The van der Waals surface area contributed by atoms with Crippen LogP contribution in [-0.2, 0) is 6.54 Å². The molecule has 1 saturated heterocycles. The van der Waals surface area contributed by atoms with Crippen molar-refractivity contribution in [1.29, 1.82) is 0 Å². The predicted octanol–water partition coefficient (Wildman–Crippen LogP) is 4.30. The van der Waals surface area contributed by atoms with Gasteiger partial charge in [0.15, 0.2) is 0 Å². The van der Waals surface area contributed by atoms with Crippen molar-refractivity contribution >= 4 is 11.7 Å². The summed E-state index contributed by atoms with van der Waals surface area (Å²) in [6, 6.07) is 10.2. The van der Waals surface area contributed by atoms with Crippen LogP contribution in [0.4, 0.5) is 10.5 Å². The van der Waals surface area contributed by atoms with Crippen molar-refractivity contribution in [2.75, 3.05) is 18.4 Å². The number of urea groups is 1. The largest absolute Gasteiger partial charge is 0.334 e. The molecule has 1 atom stereocenters. The van der Waals surface area contributed by atoms with E-state index in [4.69, 9.17) is 0 Å². The second-order valence-corrected chi connectivity index (χ2v) is 7.76. The lowest BCUT2D eigenvalue weighted by molar-refractivity contribution is 0.183. The minimum Gasteiger partial charge on any atom is -0.334 e. The van der Waals surface area contributed by atoms with Crippen molar-refractivity contribution in [2.24, 2.45) is 0 Å². The molecule has 0 unspecified atom stereocenters. The third-order valence-electron chi connectivity index (χ3n) is 5.13. The number of anilines is 1. The topological polar surface area (TPSA) is 57.3 Å². The van der Waals surface area contributed by atoms with E-state index in [1.807, 2.05) is 18.3 Å². The molecule has 1 fully saturated rings. The second-order valence-electron chi connectivity index (χ2n) is 7.76. The smallest absolute Gasteiger partial charge is 0.319 e. The first-order chi connectivity index (χ1) is 13.0. The number of nitrogens with zero attached hydrogens (tertiary/aromatic N) is 2. The van der Waals surface area contributed by atoms with E-state index in [2.05, 4.69) is 59.5 Å². The number of amides is 2. The van der Waals surface area contributed by atoms with Gasteiger partial charge in [0.05, 0.1) is 0 Å². The lowest BCUT2D eigenvalue weighted by Gasteiger charge is -2.33. The van der Waals surface area contributed by atoms with E-state index in [-0.39, 0.29) is 12.1 Å². The molecule has 1 aromatic heterocycles. The summed E-state index contributed by atoms with van der Waals surface area (Å²) < 4.78 is 0. The van der Waals surface area contributed by atoms with Gasteiger partial charge >= 0.3 is 6.03 Å². The number of benzene rings is 1. The Morgan fingerprint density at radius 2 is 2.19 bits per heavy atom. The Labute approximate surface area is 162 Å². The number of likely N-dealkylation sites (tertiary alicyclic amines) is 1. The van der Waals surface area contributed by atoms with E-state index in [9.17, 15) is 4.79 Å². The molecule has 144 valence electrons. The SMILES string of the molecule is Cc1ccc(NC(=O)N[C@@H]2CCCN(Cc3cccnc3)C2)cc1C(C)C. The van der Waals surface area contributed by atoms with Gasteiger partial charge in [-0.1, -0.05) is 26.0 Å². The minimum absolute atomic E-state index is 0.123. The van der Waals surface area contributed by atoms with Gasteiger partial charge in [-0.3, -0.25) is 9.88 Å². The summed E-state index contributed by atoms with van der Waals surface area (Å²) in [6.45, 7) is 9.26. The van der Waals surface area contributed by atoms with E-state index in [0.29, 0.717) is 5.92 Å². The van der Waals surface area contributed by atoms with Crippen molar-refractivity contribution in [3.63, 3.8) is 0 Å². The van der Waals surface area contributed by atoms with Gasteiger partial charge in [-0.15, -0.1) is 0 Å². The number of hydrogen-bond donors (Lipinski definition) is 2. The van der Waals surface area contributed by atoms with Crippen molar-refractivity contribution in [3.8, 4) is 0 Å². The van der Waals surface area contributed by atoms with Gasteiger partial charge in [0.1, 0.15) is 0 Å². The lowest BCUT2D eigenvalue weighted by atomic mass is 9.97. The molecule has 5 heteroatoms. The number of aryl methyl sites for hydroxylation is 1. The number of carbonyl (C=O) groups is 1. The summed E-state index contributed by atoms with van der Waals surface area (Å²) in [5.41, 5.74) is 4.59. The normalized spacial score (nSPS) is 17.7. The number of hydrogen-bond acceptors (Lipinski definition) is 3. The number of piperidine rings is 1. The van der Waals surface area contributed by atoms with E-state index in [1.54, 1.807) is 6.20 Å². The fourth-order valence-electron chi connectivity index (χ4n) is 3.76. The monoisotopic (exact) mass is 366 g/mol. The second kappa shape index (κ2) is 9.00. The van der Waals surface area contributed by atoms with Crippen LogP contribution in [0.1, 0.15) is 49.3 Å². The van der Waals surface area contributed by atoms with Crippen LogP contribution in [0.5, 0.6) is 0 Å². The molecule has 0 saturated carbocycles. The van der Waals surface area contributed by atoms with Crippen LogP contribution >= 0.6 is 0 Å². The molecule has 0 spiro atoms. The maximum absolute atomic E-state index is 12.5. The molecule has 0 radical (unpaired) electrons. The van der Waals surface area contributed by atoms with Gasteiger partial charge in [0, 0.05) is 37.2 Å². The van der Waals surface area contributed by atoms with E-state index in [0.717, 1.165) is 38.2 Å². The van der Waals surface area contributed by atoms with Gasteiger partial charge in [0.2, 0.25) is 0 Å². The summed E-state index contributed by atoms with van der Waals surface area (Å²) in [4.78, 5) is 19.0. The summed E-state index contributed by atoms with van der Waals surface area (Å²) in [7, 11) is 0.